The highest BCUT2D eigenvalue weighted by molar-refractivity contribution is 5.94. The summed E-state index contributed by atoms with van der Waals surface area (Å²) in [5.41, 5.74) is 0.663. The van der Waals surface area contributed by atoms with Crippen molar-refractivity contribution in [1.29, 1.82) is 0 Å². The van der Waals surface area contributed by atoms with Crippen LogP contribution in [0.1, 0.15) is 23.2 Å². The predicted octanol–water partition coefficient (Wildman–Crippen LogP) is 1.89. The maximum atomic E-state index is 12.5. The van der Waals surface area contributed by atoms with E-state index in [4.69, 9.17) is 9.47 Å². The van der Waals surface area contributed by atoms with E-state index >= 15 is 0 Å². The van der Waals surface area contributed by atoms with Crippen LogP contribution >= 0.6 is 0 Å². The molecule has 2 aliphatic heterocycles. The Hall–Kier alpha value is -3.09. The summed E-state index contributed by atoms with van der Waals surface area (Å²) < 4.78 is 11.3. The van der Waals surface area contributed by atoms with Crippen molar-refractivity contribution in [2.45, 2.75) is 18.9 Å². The number of amides is 2. The van der Waals surface area contributed by atoms with Crippen molar-refractivity contribution in [3.8, 4) is 11.5 Å². The minimum Gasteiger partial charge on any atom is -0.485 e. The summed E-state index contributed by atoms with van der Waals surface area (Å²) >= 11 is 0. The molecule has 0 saturated carbocycles. The van der Waals surface area contributed by atoms with Gasteiger partial charge in [0.1, 0.15) is 6.61 Å². The minimum absolute atomic E-state index is 0.0382. The standard InChI is InChI=1S/C21H23N3O4/c25-20(19-14-27-17-3-1-2-4-18(17)28-19)23-13-15-7-11-24(12-8-15)21(26)16-5-9-22-10-6-16/h1-6,9-10,15,19H,7-8,11-14H2,(H,23,25). The number of para-hydroxylation sites is 2. The SMILES string of the molecule is O=C(NCC1CCN(C(=O)c2ccncc2)CC1)C1COc2ccccc2O1. The first kappa shape index (κ1) is 18.3. The third kappa shape index (κ3) is 4.08. The number of benzene rings is 1. The number of carbonyl (C=O) groups excluding carboxylic acids is 2. The first-order valence-electron chi connectivity index (χ1n) is 9.56. The topological polar surface area (TPSA) is 80.8 Å². The van der Waals surface area contributed by atoms with E-state index in [1.165, 1.54) is 0 Å². The fourth-order valence-corrected chi connectivity index (χ4v) is 3.52. The molecule has 0 bridgehead atoms. The molecule has 4 rings (SSSR count). The van der Waals surface area contributed by atoms with Crippen LogP contribution in [-0.4, -0.2) is 54.0 Å². The molecule has 0 spiro atoms. The molecule has 28 heavy (non-hydrogen) atoms. The number of fused-ring (bicyclic) bond motifs is 1. The molecule has 1 aromatic heterocycles. The van der Waals surface area contributed by atoms with Crippen LogP contribution in [0.25, 0.3) is 0 Å². The second kappa shape index (κ2) is 8.29. The number of hydrogen-bond acceptors (Lipinski definition) is 5. The van der Waals surface area contributed by atoms with Gasteiger partial charge in [-0.15, -0.1) is 0 Å². The summed E-state index contributed by atoms with van der Waals surface area (Å²) in [6.45, 7) is 2.18. The molecule has 0 aliphatic carbocycles. The minimum atomic E-state index is -0.636. The fraction of sp³-hybridized carbons (Fsp3) is 0.381. The van der Waals surface area contributed by atoms with E-state index in [2.05, 4.69) is 10.3 Å². The van der Waals surface area contributed by atoms with Crippen LogP contribution in [0.3, 0.4) is 0 Å². The number of hydrogen-bond donors (Lipinski definition) is 1. The molecule has 3 heterocycles. The van der Waals surface area contributed by atoms with Gasteiger partial charge in [-0.2, -0.15) is 0 Å². The lowest BCUT2D eigenvalue weighted by Gasteiger charge is -2.32. The van der Waals surface area contributed by atoms with Gasteiger partial charge in [0.2, 0.25) is 6.10 Å². The number of aromatic nitrogens is 1. The summed E-state index contributed by atoms with van der Waals surface area (Å²) in [6, 6.07) is 10.8. The largest absolute Gasteiger partial charge is 0.485 e. The van der Waals surface area contributed by atoms with Gasteiger partial charge in [-0.05, 0) is 43.0 Å². The molecule has 0 radical (unpaired) electrons. The molecule has 7 nitrogen and oxygen atoms in total. The number of pyridine rings is 1. The van der Waals surface area contributed by atoms with Gasteiger partial charge < -0.3 is 19.7 Å². The summed E-state index contributed by atoms with van der Waals surface area (Å²) in [6.07, 6.45) is 4.35. The summed E-state index contributed by atoms with van der Waals surface area (Å²) in [5, 5.41) is 2.97. The van der Waals surface area contributed by atoms with Crippen molar-refractivity contribution in [3.63, 3.8) is 0 Å². The van der Waals surface area contributed by atoms with Crippen molar-refractivity contribution >= 4 is 11.8 Å². The third-order valence-corrected chi connectivity index (χ3v) is 5.20. The third-order valence-electron chi connectivity index (χ3n) is 5.20. The molecule has 2 amide bonds. The van der Waals surface area contributed by atoms with E-state index in [1.807, 2.05) is 23.1 Å². The van der Waals surface area contributed by atoms with Gasteiger partial charge in [0.15, 0.2) is 11.5 Å². The van der Waals surface area contributed by atoms with Gasteiger partial charge in [0.05, 0.1) is 0 Å². The number of ether oxygens (including phenoxy) is 2. The summed E-state index contributed by atoms with van der Waals surface area (Å²) in [5.74, 6) is 1.48. The average Bonchev–Trinajstić information content (AvgIpc) is 2.77. The van der Waals surface area contributed by atoms with Crippen LogP contribution in [0.15, 0.2) is 48.8 Å². The summed E-state index contributed by atoms with van der Waals surface area (Å²) in [4.78, 5) is 30.7. The van der Waals surface area contributed by atoms with Crippen molar-refractivity contribution in [3.05, 3.63) is 54.4 Å². The molecule has 1 atom stereocenters. The Morgan fingerprint density at radius 2 is 1.79 bits per heavy atom. The molecule has 1 fully saturated rings. The highest BCUT2D eigenvalue weighted by Crippen LogP contribution is 2.30. The maximum Gasteiger partial charge on any atom is 0.264 e. The molecule has 2 aromatic rings. The lowest BCUT2D eigenvalue weighted by Crippen LogP contribution is -2.47. The number of rotatable bonds is 4. The maximum absolute atomic E-state index is 12.5. The molecule has 1 aromatic carbocycles. The van der Waals surface area contributed by atoms with E-state index in [1.54, 1.807) is 30.6 Å². The Bertz CT molecular complexity index is 835. The molecule has 7 heteroatoms. The van der Waals surface area contributed by atoms with Crippen LogP contribution in [0, 0.1) is 5.92 Å². The summed E-state index contributed by atoms with van der Waals surface area (Å²) in [7, 11) is 0. The first-order valence-corrected chi connectivity index (χ1v) is 9.56. The smallest absolute Gasteiger partial charge is 0.264 e. The Labute approximate surface area is 163 Å². The second-order valence-electron chi connectivity index (χ2n) is 7.08. The van der Waals surface area contributed by atoms with Crippen LogP contribution in [-0.2, 0) is 4.79 Å². The molecule has 1 unspecified atom stereocenters. The molecule has 1 saturated heterocycles. The van der Waals surface area contributed by atoms with E-state index in [0.29, 0.717) is 42.6 Å². The second-order valence-corrected chi connectivity index (χ2v) is 7.08. The number of likely N-dealkylation sites (tertiary alicyclic amines) is 1. The van der Waals surface area contributed by atoms with E-state index in [-0.39, 0.29) is 18.4 Å². The van der Waals surface area contributed by atoms with Gasteiger partial charge in [-0.1, -0.05) is 12.1 Å². The Balaban J connectivity index is 1.22. The zero-order valence-corrected chi connectivity index (χ0v) is 15.5. The number of carbonyl (C=O) groups is 2. The molecule has 146 valence electrons. The Morgan fingerprint density at radius 1 is 1.07 bits per heavy atom. The van der Waals surface area contributed by atoms with Gasteiger partial charge in [-0.3, -0.25) is 14.6 Å². The first-order chi connectivity index (χ1) is 13.7. The normalized spacial score (nSPS) is 19.1. The predicted molar refractivity (Wildman–Crippen MR) is 102 cm³/mol. The van der Waals surface area contributed by atoms with E-state index < -0.39 is 6.10 Å². The monoisotopic (exact) mass is 381 g/mol. The van der Waals surface area contributed by atoms with E-state index in [0.717, 1.165) is 12.8 Å². The van der Waals surface area contributed by atoms with Crippen LogP contribution in [0.5, 0.6) is 11.5 Å². The van der Waals surface area contributed by atoms with Crippen LogP contribution in [0.2, 0.25) is 0 Å². The fourth-order valence-electron chi connectivity index (χ4n) is 3.52. The number of nitrogens with zero attached hydrogens (tertiary/aromatic N) is 2. The zero-order chi connectivity index (χ0) is 19.3. The van der Waals surface area contributed by atoms with Crippen LogP contribution in [0.4, 0.5) is 0 Å². The zero-order valence-electron chi connectivity index (χ0n) is 15.5. The van der Waals surface area contributed by atoms with E-state index in [9.17, 15) is 9.59 Å². The van der Waals surface area contributed by atoms with Crippen LogP contribution < -0.4 is 14.8 Å². The Morgan fingerprint density at radius 3 is 2.54 bits per heavy atom. The van der Waals surface area contributed by atoms with Crippen molar-refractivity contribution in [2.24, 2.45) is 5.92 Å². The van der Waals surface area contributed by atoms with Gasteiger partial charge >= 0.3 is 0 Å². The highest BCUT2D eigenvalue weighted by Gasteiger charge is 2.29. The number of nitrogens with one attached hydrogen (secondary N) is 1. The molecule has 1 N–H and O–H groups in total. The highest BCUT2D eigenvalue weighted by atomic mass is 16.6. The lowest BCUT2D eigenvalue weighted by atomic mass is 9.96. The number of piperidine rings is 1. The van der Waals surface area contributed by atoms with Gasteiger partial charge in [-0.25, -0.2) is 0 Å². The van der Waals surface area contributed by atoms with Crippen molar-refractivity contribution < 1.29 is 19.1 Å². The van der Waals surface area contributed by atoms with Gasteiger partial charge in [0.25, 0.3) is 11.8 Å². The molecule has 2 aliphatic rings. The average molecular weight is 381 g/mol. The molecular weight excluding hydrogens is 358 g/mol. The van der Waals surface area contributed by atoms with Gasteiger partial charge in [0, 0.05) is 37.6 Å². The lowest BCUT2D eigenvalue weighted by molar-refractivity contribution is -0.130. The Kier molecular flexibility index (Phi) is 5.41. The molecular formula is C21H23N3O4. The quantitative estimate of drug-likeness (QED) is 0.875. The van der Waals surface area contributed by atoms with Crippen molar-refractivity contribution in [1.82, 2.24) is 15.2 Å². The van der Waals surface area contributed by atoms with Crippen molar-refractivity contribution in [2.75, 3.05) is 26.2 Å².